The number of aromatic hydroxyl groups is 2. The van der Waals surface area contributed by atoms with Crippen molar-refractivity contribution in [1.82, 2.24) is 0 Å². The number of ether oxygens (including phenoxy) is 1. The van der Waals surface area contributed by atoms with Crippen molar-refractivity contribution in [3.05, 3.63) is 45.7 Å². The summed E-state index contributed by atoms with van der Waals surface area (Å²) in [6.07, 6.45) is 3.05. The molecule has 0 unspecified atom stereocenters. The predicted octanol–water partition coefficient (Wildman–Crippen LogP) is 3.37. The first-order chi connectivity index (χ1) is 9.52. The number of rotatable bonds is 4. The van der Waals surface area contributed by atoms with Gasteiger partial charge in [-0.15, -0.1) is 11.3 Å². The van der Waals surface area contributed by atoms with Gasteiger partial charge >= 0.3 is 0 Å². The molecule has 0 aliphatic carbocycles. The fourth-order valence-corrected chi connectivity index (χ4v) is 2.50. The molecule has 4 nitrogen and oxygen atoms in total. The Labute approximate surface area is 120 Å². The fraction of sp³-hybridized carbons (Fsp3) is 0.133. The van der Waals surface area contributed by atoms with Crippen molar-refractivity contribution in [3.63, 3.8) is 0 Å². The van der Waals surface area contributed by atoms with Crippen LogP contribution in [0.15, 0.2) is 30.3 Å². The Hall–Kier alpha value is -2.27. The molecule has 0 fully saturated rings. The summed E-state index contributed by atoms with van der Waals surface area (Å²) in [7, 11) is 1.37. The Kier molecular flexibility index (Phi) is 4.10. The van der Waals surface area contributed by atoms with Gasteiger partial charge in [-0.2, -0.15) is 0 Å². The highest BCUT2D eigenvalue weighted by atomic mass is 32.1. The van der Waals surface area contributed by atoms with Crippen LogP contribution in [-0.4, -0.2) is 23.1 Å². The minimum atomic E-state index is -0.471. The molecule has 5 heteroatoms. The monoisotopic (exact) mass is 290 g/mol. The van der Waals surface area contributed by atoms with Crippen molar-refractivity contribution < 1.29 is 19.7 Å². The van der Waals surface area contributed by atoms with E-state index >= 15 is 0 Å². The normalized spacial score (nSPS) is 10.9. The highest BCUT2D eigenvalue weighted by Gasteiger charge is 2.16. The van der Waals surface area contributed by atoms with Crippen LogP contribution in [-0.2, 0) is 0 Å². The van der Waals surface area contributed by atoms with Gasteiger partial charge in [0.15, 0.2) is 17.3 Å². The maximum Gasteiger partial charge on any atom is 0.201 e. The Morgan fingerprint density at radius 1 is 1.20 bits per heavy atom. The third-order valence-electron chi connectivity index (χ3n) is 2.76. The van der Waals surface area contributed by atoms with Gasteiger partial charge in [-0.3, -0.25) is 4.79 Å². The third-order valence-corrected chi connectivity index (χ3v) is 3.73. The van der Waals surface area contributed by atoms with E-state index in [2.05, 4.69) is 0 Å². The molecular formula is C15H14O4S. The van der Waals surface area contributed by atoms with Gasteiger partial charge in [-0.25, -0.2) is 0 Å². The number of aryl methyl sites for hydroxylation is 1. The summed E-state index contributed by atoms with van der Waals surface area (Å²) in [5.41, 5.74) is 0.0350. The molecule has 2 N–H and O–H groups in total. The smallest absolute Gasteiger partial charge is 0.201 e. The SMILES string of the molecule is COc1ccc(C(=O)/C=C/c2ccc(C)s2)c(O)c1O. The maximum absolute atomic E-state index is 12.0. The number of thiophene rings is 1. The van der Waals surface area contributed by atoms with Crippen molar-refractivity contribution in [2.75, 3.05) is 7.11 Å². The Bertz CT molecular complexity index is 671. The van der Waals surface area contributed by atoms with Gasteiger partial charge in [0.05, 0.1) is 12.7 Å². The number of allylic oxidation sites excluding steroid dienone is 1. The van der Waals surface area contributed by atoms with Crippen LogP contribution in [0.3, 0.4) is 0 Å². The number of methoxy groups -OCH3 is 1. The van der Waals surface area contributed by atoms with Crippen LogP contribution in [0.4, 0.5) is 0 Å². The van der Waals surface area contributed by atoms with Crippen LogP contribution < -0.4 is 4.74 Å². The molecule has 1 aromatic carbocycles. The van der Waals surface area contributed by atoms with Crippen molar-refractivity contribution >= 4 is 23.2 Å². The van der Waals surface area contributed by atoms with E-state index in [1.807, 2.05) is 19.1 Å². The van der Waals surface area contributed by atoms with Crippen LogP contribution in [0.2, 0.25) is 0 Å². The highest BCUT2D eigenvalue weighted by Crippen LogP contribution is 2.38. The topological polar surface area (TPSA) is 66.8 Å². The van der Waals surface area contributed by atoms with E-state index in [9.17, 15) is 15.0 Å². The number of hydrogen-bond donors (Lipinski definition) is 2. The summed E-state index contributed by atoms with van der Waals surface area (Å²) >= 11 is 1.57. The maximum atomic E-state index is 12.0. The summed E-state index contributed by atoms with van der Waals surface area (Å²) in [6.45, 7) is 1.98. The molecule has 2 rings (SSSR count). The molecule has 0 spiro atoms. The molecule has 0 bridgehead atoms. The lowest BCUT2D eigenvalue weighted by molar-refractivity contribution is 0.104. The average molecular weight is 290 g/mol. The average Bonchev–Trinajstić information content (AvgIpc) is 2.85. The second-order valence-electron chi connectivity index (χ2n) is 4.16. The molecule has 0 atom stereocenters. The molecule has 2 aromatic rings. The van der Waals surface area contributed by atoms with Crippen LogP contribution >= 0.6 is 11.3 Å². The predicted molar refractivity (Wildman–Crippen MR) is 78.7 cm³/mol. The van der Waals surface area contributed by atoms with Crippen molar-refractivity contribution in [2.24, 2.45) is 0 Å². The summed E-state index contributed by atoms with van der Waals surface area (Å²) in [5, 5.41) is 19.5. The lowest BCUT2D eigenvalue weighted by Gasteiger charge is -2.07. The fourth-order valence-electron chi connectivity index (χ4n) is 1.72. The number of carbonyl (C=O) groups is 1. The van der Waals surface area contributed by atoms with Gasteiger partial charge < -0.3 is 14.9 Å². The molecule has 0 radical (unpaired) electrons. The molecule has 0 amide bonds. The summed E-state index contributed by atoms with van der Waals surface area (Å²) in [6, 6.07) is 6.73. The van der Waals surface area contributed by atoms with E-state index in [1.54, 1.807) is 17.4 Å². The molecule has 1 aromatic heterocycles. The number of benzene rings is 1. The lowest BCUT2D eigenvalue weighted by Crippen LogP contribution is -1.96. The molecule has 20 heavy (non-hydrogen) atoms. The second-order valence-corrected chi connectivity index (χ2v) is 5.48. The zero-order valence-electron chi connectivity index (χ0n) is 11.1. The van der Waals surface area contributed by atoms with E-state index in [0.29, 0.717) is 0 Å². The zero-order valence-corrected chi connectivity index (χ0v) is 11.9. The van der Waals surface area contributed by atoms with E-state index in [1.165, 1.54) is 25.3 Å². The van der Waals surface area contributed by atoms with E-state index in [4.69, 9.17) is 4.74 Å². The number of hydrogen-bond acceptors (Lipinski definition) is 5. The Morgan fingerprint density at radius 3 is 2.55 bits per heavy atom. The van der Waals surface area contributed by atoms with E-state index < -0.39 is 11.5 Å². The van der Waals surface area contributed by atoms with Crippen LogP contribution in [0, 0.1) is 6.92 Å². The molecular weight excluding hydrogens is 276 g/mol. The number of phenols is 2. The van der Waals surface area contributed by atoms with Crippen molar-refractivity contribution in [1.29, 1.82) is 0 Å². The summed E-state index contributed by atoms with van der Waals surface area (Å²) in [4.78, 5) is 14.1. The first-order valence-corrected chi connectivity index (χ1v) is 6.72. The minimum Gasteiger partial charge on any atom is -0.504 e. The Balaban J connectivity index is 2.26. The van der Waals surface area contributed by atoms with E-state index in [0.717, 1.165) is 9.75 Å². The number of carbonyl (C=O) groups excluding carboxylic acids is 1. The molecule has 0 aliphatic heterocycles. The third kappa shape index (κ3) is 2.83. The minimum absolute atomic E-state index is 0.0350. The summed E-state index contributed by atoms with van der Waals surface area (Å²) in [5.74, 6) is -1.16. The van der Waals surface area contributed by atoms with Crippen molar-refractivity contribution in [2.45, 2.75) is 6.92 Å². The summed E-state index contributed by atoms with van der Waals surface area (Å²) < 4.78 is 4.85. The molecule has 0 saturated carbocycles. The lowest BCUT2D eigenvalue weighted by atomic mass is 10.1. The number of phenolic OH excluding ortho intramolecular Hbond substituents is 2. The van der Waals surface area contributed by atoms with Crippen LogP contribution in [0.25, 0.3) is 6.08 Å². The molecule has 104 valence electrons. The first-order valence-electron chi connectivity index (χ1n) is 5.90. The van der Waals surface area contributed by atoms with Gasteiger partial charge in [-0.05, 0) is 43.3 Å². The van der Waals surface area contributed by atoms with E-state index in [-0.39, 0.29) is 17.1 Å². The molecule has 0 saturated heterocycles. The van der Waals surface area contributed by atoms with Crippen LogP contribution in [0.1, 0.15) is 20.1 Å². The number of ketones is 1. The van der Waals surface area contributed by atoms with Gasteiger partial charge in [0.1, 0.15) is 0 Å². The van der Waals surface area contributed by atoms with Crippen molar-refractivity contribution in [3.8, 4) is 17.2 Å². The van der Waals surface area contributed by atoms with Gasteiger partial charge in [-0.1, -0.05) is 0 Å². The van der Waals surface area contributed by atoms with Gasteiger partial charge in [0, 0.05) is 9.75 Å². The highest BCUT2D eigenvalue weighted by molar-refractivity contribution is 7.12. The standard InChI is InChI=1S/C15H14O4S/c1-9-3-4-10(20-9)5-7-12(16)11-6-8-13(19-2)15(18)14(11)17/h3-8,17-18H,1-2H3/b7-5+. The van der Waals surface area contributed by atoms with Gasteiger partial charge in [0.25, 0.3) is 0 Å². The quantitative estimate of drug-likeness (QED) is 0.514. The zero-order chi connectivity index (χ0) is 14.7. The Morgan fingerprint density at radius 2 is 1.95 bits per heavy atom. The first kappa shape index (κ1) is 14.1. The van der Waals surface area contributed by atoms with Crippen LogP contribution in [0.5, 0.6) is 17.2 Å². The van der Waals surface area contributed by atoms with Gasteiger partial charge in [0.2, 0.25) is 5.75 Å². The molecule has 1 heterocycles. The second kappa shape index (κ2) is 5.79. The molecule has 0 aliphatic rings. The largest absolute Gasteiger partial charge is 0.504 e.